The molecule has 20 heavy (non-hydrogen) atoms. The molecule has 0 bridgehead atoms. The van der Waals surface area contributed by atoms with Crippen LogP contribution in [-0.4, -0.2) is 33.2 Å². The van der Waals surface area contributed by atoms with Crippen molar-refractivity contribution in [1.82, 2.24) is 15.0 Å². The number of ether oxygens (including phenoxy) is 1. The van der Waals surface area contributed by atoms with E-state index in [1.807, 2.05) is 0 Å². The van der Waals surface area contributed by atoms with Crippen molar-refractivity contribution >= 4 is 5.97 Å². The Balaban J connectivity index is 2.12. The molecular weight excluding hydrogens is 265 g/mol. The number of hydrogen-bond donors (Lipinski definition) is 1. The average molecular weight is 277 g/mol. The van der Waals surface area contributed by atoms with Gasteiger partial charge in [-0.3, -0.25) is 0 Å². The zero-order valence-electron chi connectivity index (χ0n) is 10.7. The lowest BCUT2D eigenvalue weighted by atomic mass is 10.2. The van der Waals surface area contributed by atoms with Gasteiger partial charge in [0.2, 0.25) is 0 Å². The summed E-state index contributed by atoms with van der Waals surface area (Å²) in [5.74, 6) is -1.36. The number of hydrogen-bond acceptors (Lipinski definition) is 4. The number of carboxylic acids is 1. The molecule has 0 atom stereocenters. The molecule has 1 aliphatic rings. The van der Waals surface area contributed by atoms with E-state index < -0.39 is 11.8 Å². The zero-order chi connectivity index (χ0) is 14.3. The van der Waals surface area contributed by atoms with Crippen molar-refractivity contribution < 1.29 is 19.0 Å². The molecule has 7 heteroatoms. The van der Waals surface area contributed by atoms with Crippen LogP contribution in [0.4, 0.5) is 4.39 Å². The van der Waals surface area contributed by atoms with Gasteiger partial charge < -0.3 is 9.84 Å². The second-order valence-corrected chi connectivity index (χ2v) is 4.63. The van der Waals surface area contributed by atoms with Crippen LogP contribution in [0, 0.1) is 5.82 Å². The molecule has 2 aromatic rings. The van der Waals surface area contributed by atoms with E-state index >= 15 is 0 Å². The van der Waals surface area contributed by atoms with E-state index in [-0.39, 0.29) is 17.4 Å². The number of methoxy groups -OCH3 is 1. The highest BCUT2D eigenvalue weighted by atomic mass is 19.1. The van der Waals surface area contributed by atoms with Crippen LogP contribution in [0.5, 0.6) is 5.75 Å². The molecular formula is C13H12FN3O3. The summed E-state index contributed by atoms with van der Waals surface area (Å²) >= 11 is 0. The largest absolute Gasteiger partial charge is 0.494 e. The lowest BCUT2D eigenvalue weighted by molar-refractivity contribution is 0.0689. The molecule has 0 unspecified atom stereocenters. The number of nitrogens with zero attached hydrogens (tertiary/aromatic N) is 3. The second kappa shape index (κ2) is 4.59. The summed E-state index contributed by atoms with van der Waals surface area (Å²) in [7, 11) is 1.37. The Labute approximate surface area is 113 Å². The summed E-state index contributed by atoms with van der Waals surface area (Å²) < 4.78 is 19.8. The minimum Gasteiger partial charge on any atom is -0.494 e. The maximum atomic E-state index is 13.4. The number of aromatic carboxylic acids is 1. The van der Waals surface area contributed by atoms with E-state index in [0.29, 0.717) is 11.4 Å². The minimum absolute atomic E-state index is 0.0456. The molecule has 0 spiro atoms. The third kappa shape index (κ3) is 2.01. The Morgan fingerprint density at radius 2 is 2.25 bits per heavy atom. The molecule has 0 saturated heterocycles. The van der Waals surface area contributed by atoms with E-state index in [1.165, 1.54) is 30.0 Å². The molecule has 1 aromatic heterocycles. The first-order valence-electron chi connectivity index (χ1n) is 6.14. The maximum absolute atomic E-state index is 13.4. The number of halogens is 1. The summed E-state index contributed by atoms with van der Waals surface area (Å²) in [6.07, 6.45) is 1.82. The summed E-state index contributed by atoms with van der Waals surface area (Å²) in [4.78, 5) is 11.2. The highest BCUT2D eigenvalue weighted by Gasteiger charge is 2.34. The van der Waals surface area contributed by atoms with Gasteiger partial charge in [-0.2, -0.15) is 0 Å². The highest BCUT2D eigenvalue weighted by molar-refractivity contribution is 5.87. The second-order valence-electron chi connectivity index (χ2n) is 4.63. The third-order valence-electron chi connectivity index (χ3n) is 3.25. The smallest absolute Gasteiger partial charge is 0.358 e. The Hall–Kier alpha value is -2.44. The van der Waals surface area contributed by atoms with E-state index in [1.54, 1.807) is 0 Å². The first-order chi connectivity index (χ1) is 9.61. The van der Waals surface area contributed by atoms with E-state index in [4.69, 9.17) is 9.84 Å². The monoisotopic (exact) mass is 277 g/mol. The van der Waals surface area contributed by atoms with Gasteiger partial charge >= 0.3 is 5.97 Å². The number of carbonyl (C=O) groups is 1. The average Bonchev–Trinajstić information content (AvgIpc) is 3.17. The molecule has 6 nitrogen and oxygen atoms in total. The van der Waals surface area contributed by atoms with Crippen LogP contribution in [0.3, 0.4) is 0 Å². The molecule has 0 radical (unpaired) electrons. The molecule has 104 valence electrons. The standard InChI is InChI=1S/C13H12FN3O3/c1-20-10-6-8(4-5-9(10)14)17-12(7-2-3-7)11(13(18)19)15-16-17/h4-7H,2-3H2,1H3,(H,18,19). The van der Waals surface area contributed by atoms with Crippen LogP contribution in [-0.2, 0) is 0 Å². The minimum atomic E-state index is -1.10. The fraction of sp³-hybridized carbons (Fsp3) is 0.308. The topological polar surface area (TPSA) is 77.2 Å². The Morgan fingerprint density at radius 3 is 2.85 bits per heavy atom. The van der Waals surface area contributed by atoms with E-state index in [9.17, 15) is 9.18 Å². The fourth-order valence-electron chi connectivity index (χ4n) is 2.14. The number of benzene rings is 1. The quantitative estimate of drug-likeness (QED) is 0.924. The van der Waals surface area contributed by atoms with Gasteiger partial charge in [0, 0.05) is 12.0 Å². The third-order valence-corrected chi connectivity index (χ3v) is 3.25. The van der Waals surface area contributed by atoms with Crippen molar-refractivity contribution in [3.05, 3.63) is 35.4 Å². The summed E-state index contributed by atoms with van der Waals surface area (Å²) in [6.45, 7) is 0. The van der Waals surface area contributed by atoms with Gasteiger partial charge in [-0.15, -0.1) is 5.10 Å². The molecule has 0 aliphatic heterocycles. The highest BCUT2D eigenvalue weighted by Crippen LogP contribution is 2.42. The summed E-state index contributed by atoms with van der Waals surface area (Å²) in [6, 6.07) is 4.25. The molecule has 1 aromatic carbocycles. The number of rotatable bonds is 4. The van der Waals surface area contributed by atoms with Crippen molar-refractivity contribution in [2.75, 3.05) is 7.11 Å². The van der Waals surface area contributed by atoms with Gasteiger partial charge in [0.05, 0.1) is 18.5 Å². The van der Waals surface area contributed by atoms with Crippen LogP contribution in [0.15, 0.2) is 18.2 Å². The van der Waals surface area contributed by atoms with Crippen molar-refractivity contribution in [3.8, 4) is 11.4 Å². The van der Waals surface area contributed by atoms with Crippen LogP contribution in [0.2, 0.25) is 0 Å². The van der Waals surface area contributed by atoms with Crippen molar-refractivity contribution in [1.29, 1.82) is 0 Å². The van der Waals surface area contributed by atoms with Crippen LogP contribution < -0.4 is 4.74 Å². The lowest BCUT2D eigenvalue weighted by Gasteiger charge is -2.08. The Bertz CT molecular complexity index is 679. The van der Waals surface area contributed by atoms with Crippen LogP contribution >= 0.6 is 0 Å². The first-order valence-corrected chi connectivity index (χ1v) is 6.14. The maximum Gasteiger partial charge on any atom is 0.358 e. The molecule has 1 saturated carbocycles. The van der Waals surface area contributed by atoms with Gasteiger partial charge in [-0.25, -0.2) is 13.9 Å². The number of aromatic nitrogens is 3. The predicted molar refractivity (Wildman–Crippen MR) is 66.8 cm³/mol. The first kappa shape index (κ1) is 12.6. The molecule has 1 aliphatic carbocycles. The normalized spacial score (nSPS) is 14.3. The van der Waals surface area contributed by atoms with Crippen molar-refractivity contribution in [2.24, 2.45) is 0 Å². The molecule has 1 fully saturated rings. The predicted octanol–water partition coefficient (Wildman–Crippen LogP) is 1.99. The summed E-state index contributed by atoms with van der Waals surface area (Å²) in [5.41, 5.74) is 1.05. The van der Waals surface area contributed by atoms with Crippen molar-refractivity contribution in [3.63, 3.8) is 0 Å². The zero-order valence-corrected chi connectivity index (χ0v) is 10.7. The fourth-order valence-corrected chi connectivity index (χ4v) is 2.14. The van der Waals surface area contributed by atoms with Crippen molar-refractivity contribution in [2.45, 2.75) is 18.8 Å². The van der Waals surface area contributed by atoms with Crippen LogP contribution in [0.25, 0.3) is 5.69 Å². The van der Waals surface area contributed by atoms with E-state index in [2.05, 4.69) is 10.3 Å². The molecule has 1 N–H and O–H groups in total. The number of carboxylic acid groups (broad SMARTS) is 1. The molecule has 0 amide bonds. The van der Waals surface area contributed by atoms with Gasteiger partial charge in [-0.1, -0.05) is 5.21 Å². The van der Waals surface area contributed by atoms with Gasteiger partial charge in [0.1, 0.15) is 0 Å². The SMILES string of the molecule is COc1cc(-n2nnc(C(=O)O)c2C2CC2)ccc1F. The van der Waals surface area contributed by atoms with Gasteiger partial charge in [0.15, 0.2) is 17.3 Å². The Morgan fingerprint density at radius 1 is 1.50 bits per heavy atom. The lowest BCUT2D eigenvalue weighted by Crippen LogP contribution is -2.06. The van der Waals surface area contributed by atoms with E-state index in [0.717, 1.165) is 12.8 Å². The van der Waals surface area contributed by atoms with Crippen LogP contribution in [0.1, 0.15) is 34.9 Å². The summed E-state index contributed by atoms with van der Waals surface area (Å²) in [5, 5.41) is 16.7. The molecule has 3 rings (SSSR count). The van der Waals surface area contributed by atoms with Gasteiger partial charge in [-0.05, 0) is 25.0 Å². The molecule has 1 heterocycles. The van der Waals surface area contributed by atoms with Gasteiger partial charge in [0.25, 0.3) is 0 Å². The Kier molecular flexibility index (Phi) is 2.89.